The highest BCUT2D eigenvalue weighted by molar-refractivity contribution is 5.89. The molecule has 1 unspecified atom stereocenters. The number of hydrogen-bond donors (Lipinski definition) is 2. The van der Waals surface area contributed by atoms with E-state index in [4.69, 9.17) is 0 Å². The number of nitrogens with one attached hydrogen (secondary N) is 2. The summed E-state index contributed by atoms with van der Waals surface area (Å²) in [5.41, 5.74) is 7.05. The minimum atomic E-state index is -0.304. The number of carbonyl (C=O) groups excluding carboxylic acids is 2. The van der Waals surface area contributed by atoms with Crippen LogP contribution in [0.1, 0.15) is 43.5 Å². The van der Waals surface area contributed by atoms with Gasteiger partial charge in [-0.3, -0.25) is 20.4 Å². The van der Waals surface area contributed by atoms with Crippen LogP contribution in [0.4, 0.5) is 5.95 Å². The fourth-order valence-electron chi connectivity index (χ4n) is 3.48. The van der Waals surface area contributed by atoms with Crippen molar-refractivity contribution in [2.24, 2.45) is 5.92 Å². The zero-order chi connectivity index (χ0) is 16.4. The molecule has 0 spiro atoms. The molecule has 2 aliphatic rings. The zero-order valence-corrected chi connectivity index (χ0v) is 13.6. The van der Waals surface area contributed by atoms with Gasteiger partial charge in [0.05, 0.1) is 5.92 Å². The van der Waals surface area contributed by atoms with Crippen molar-refractivity contribution in [1.29, 1.82) is 0 Å². The van der Waals surface area contributed by atoms with Gasteiger partial charge < -0.3 is 4.90 Å². The fourth-order valence-corrected chi connectivity index (χ4v) is 3.48. The third-order valence-corrected chi connectivity index (χ3v) is 4.57. The minimum absolute atomic E-state index is 0.0969. The second kappa shape index (κ2) is 6.52. The van der Waals surface area contributed by atoms with Crippen molar-refractivity contribution in [3.63, 3.8) is 0 Å². The number of aryl methyl sites for hydroxylation is 2. The molecule has 0 radical (unpaired) electrons. The first-order valence-electron chi connectivity index (χ1n) is 8.20. The Labute approximate surface area is 135 Å². The minimum Gasteiger partial charge on any atom is -0.339 e. The molecule has 1 aliphatic carbocycles. The number of amides is 2. The highest BCUT2D eigenvalue weighted by atomic mass is 16.2. The van der Waals surface area contributed by atoms with Gasteiger partial charge in [-0.2, -0.15) is 0 Å². The van der Waals surface area contributed by atoms with E-state index < -0.39 is 0 Å². The van der Waals surface area contributed by atoms with Crippen LogP contribution in [0.2, 0.25) is 0 Å². The Morgan fingerprint density at radius 3 is 2.52 bits per heavy atom. The van der Waals surface area contributed by atoms with Gasteiger partial charge in [0.1, 0.15) is 0 Å². The topological polar surface area (TPSA) is 87.2 Å². The van der Waals surface area contributed by atoms with E-state index in [0.29, 0.717) is 18.5 Å². The molecule has 7 heteroatoms. The second-order valence-corrected chi connectivity index (χ2v) is 6.47. The molecule has 7 nitrogen and oxygen atoms in total. The Hall–Kier alpha value is -2.18. The molecule has 1 aliphatic heterocycles. The SMILES string of the molecule is Cc1cc(C)nc(NNC(=O)C2CC(=O)N(C3CCCC3)C2)n1. The van der Waals surface area contributed by atoms with Gasteiger partial charge in [0, 0.05) is 30.4 Å². The van der Waals surface area contributed by atoms with Crippen molar-refractivity contribution in [3.8, 4) is 0 Å². The van der Waals surface area contributed by atoms with Gasteiger partial charge in [0.25, 0.3) is 0 Å². The summed E-state index contributed by atoms with van der Waals surface area (Å²) in [7, 11) is 0. The number of likely N-dealkylation sites (tertiary alicyclic amines) is 1. The number of carbonyl (C=O) groups is 2. The maximum Gasteiger partial charge on any atom is 0.243 e. The standard InChI is InChI=1S/C16H23N5O2/c1-10-7-11(2)18-16(17-10)20-19-15(23)12-8-14(22)21(9-12)13-5-3-4-6-13/h7,12-13H,3-6,8-9H2,1-2H3,(H,19,23)(H,17,18,20). The summed E-state index contributed by atoms with van der Waals surface area (Å²) in [5.74, 6) is -0.0179. The van der Waals surface area contributed by atoms with Crippen molar-refractivity contribution in [1.82, 2.24) is 20.3 Å². The lowest BCUT2D eigenvalue weighted by Gasteiger charge is -2.23. The Morgan fingerprint density at radius 1 is 1.22 bits per heavy atom. The predicted molar refractivity (Wildman–Crippen MR) is 85.3 cm³/mol. The summed E-state index contributed by atoms with van der Waals surface area (Å²) < 4.78 is 0. The maximum atomic E-state index is 12.3. The lowest BCUT2D eigenvalue weighted by Crippen LogP contribution is -2.39. The van der Waals surface area contributed by atoms with Gasteiger partial charge in [-0.25, -0.2) is 9.97 Å². The lowest BCUT2D eigenvalue weighted by molar-refractivity contribution is -0.130. The van der Waals surface area contributed by atoms with Gasteiger partial charge in [0.2, 0.25) is 17.8 Å². The van der Waals surface area contributed by atoms with Crippen LogP contribution in [0.15, 0.2) is 6.07 Å². The molecule has 3 rings (SSSR count). The van der Waals surface area contributed by atoms with E-state index in [1.807, 2.05) is 24.8 Å². The normalized spacial score (nSPS) is 21.7. The summed E-state index contributed by atoms with van der Waals surface area (Å²) >= 11 is 0. The quantitative estimate of drug-likeness (QED) is 0.818. The predicted octanol–water partition coefficient (Wildman–Crippen LogP) is 1.33. The first-order chi connectivity index (χ1) is 11.0. The Kier molecular flexibility index (Phi) is 4.45. The van der Waals surface area contributed by atoms with E-state index in [1.54, 1.807) is 0 Å². The summed E-state index contributed by atoms with van der Waals surface area (Å²) in [5, 5.41) is 0. The summed E-state index contributed by atoms with van der Waals surface area (Å²) in [6, 6.07) is 2.19. The average Bonchev–Trinajstić information content (AvgIpc) is 3.12. The first-order valence-corrected chi connectivity index (χ1v) is 8.20. The third kappa shape index (κ3) is 3.60. The van der Waals surface area contributed by atoms with Crippen LogP contribution >= 0.6 is 0 Å². The van der Waals surface area contributed by atoms with E-state index in [0.717, 1.165) is 24.2 Å². The third-order valence-electron chi connectivity index (χ3n) is 4.57. The van der Waals surface area contributed by atoms with Crippen molar-refractivity contribution in [2.45, 2.75) is 52.0 Å². The second-order valence-electron chi connectivity index (χ2n) is 6.47. The summed E-state index contributed by atoms with van der Waals surface area (Å²) in [4.78, 5) is 34.7. The van der Waals surface area contributed by atoms with Gasteiger partial charge >= 0.3 is 0 Å². The number of hydrazine groups is 1. The number of rotatable bonds is 4. The van der Waals surface area contributed by atoms with Crippen molar-refractivity contribution < 1.29 is 9.59 Å². The highest BCUT2D eigenvalue weighted by Gasteiger charge is 2.38. The van der Waals surface area contributed by atoms with Gasteiger partial charge in [0.15, 0.2) is 0 Å². The zero-order valence-electron chi connectivity index (χ0n) is 13.6. The van der Waals surface area contributed by atoms with E-state index in [-0.39, 0.29) is 24.2 Å². The molecule has 23 heavy (non-hydrogen) atoms. The van der Waals surface area contributed by atoms with E-state index in [9.17, 15) is 9.59 Å². The summed E-state index contributed by atoms with van der Waals surface area (Å²) in [6.07, 6.45) is 4.77. The largest absolute Gasteiger partial charge is 0.339 e. The number of aromatic nitrogens is 2. The monoisotopic (exact) mass is 317 g/mol. The van der Waals surface area contributed by atoms with Gasteiger partial charge in [-0.1, -0.05) is 12.8 Å². The van der Waals surface area contributed by atoms with E-state index in [1.165, 1.54) is 12.8 Å². The molecule has 0 aromatic carbocycles. The molecule has 1 aromatic rings. The average molecular weight is 317 g/mol. The highest BCUT2D eigenvalue weighted by Crippen LogP contribution is 2.29. The smallest absolute Gasteiger partial charge is 0.243 e. The molecule has 124 valence electrons. The van der Waals surface area contributed by atoms with Crippen LogP contribution in [-0.2, 0) is 9.59 Å². The molecule has 2 N–H and O–H groups in total. The van der Waals surface area contributed by atoms with Gasteiger partial charge in [-0.05, 0) is 32.8 Å². The molecular formula is C16H23N5O2. The van der Waals surface area contributed by atoms with Crippen molar-refractivity contribution in [3.05, 3.63) is 17.5 Å². The van der Waals surface area contributed by atoms with Crippen LogP contribution in [0, 0.1) is 19.8 Å². The van der Waals surface area contributed by atoms with Crippen LogP contribution in [-0.4, -0.2) is 39.3 Å². The molecule has 1 aromatic heterocycles. The molecule has 2 fully saturated rings. The first kappa shape index (κ1) is 15.7. The van der Waals surface area contributed by atoms with Crippen LogP contribution in [0.3, 0.4) is 0 Å². The molecule has 1 saturated carbocycles. The Morgan fingerprint density at radius 2 is 1.87 bits per heavy atom. The van der Waals surface area contributed by atoms with Crippen molar-refractivity contribution in [2.75, 3.05) is 12.0 Å². The molecule has 0 bridgehead atoms. The van der Waals surface area contributed by atoms with Gasteiger partial charge in [-0.15, -0.1) is 0 Å². The molecule has 1 saturated heterocycles. The number of anilines is 1. The molecule has 1 atom stereocenters. The summed E-state index contributed by atoms with van der Waals surface area (Å²) in [6.45, 7) is 4.26. The number of hydrogen-bond acceptors (Lipinski definition) is 5. The van der Waals surface area contributed by atoms with Crippen molar-refractivity contribution >= 4 is 17.8 Å². The Balaban J connectivity index is 1.55. The van der Waals surface area contributed by atoms with Crippen LogP contribution in [0.25, 0.3) is 0 Å². The molecule has 2 heterocycles. The van der Waals surface area contributed by atoms with Crippen LogP contribution in [0.5, 0.6) is 0 Å². The molecule has 2 amide bonds. The van der Waals surface area contributed by atoms with E-state index in [2.05, 4.69) is 20.8 Å². The number of nitrogens with zero attached hydrogens (tertiary/aromatic N) is 3. The molecular weight excluding hydrogens is 294 g/mol. The lowest BCUT2D eigenvalue weighted by atomic mass is 10.1. The Bertz CT molecular complexity index is 592. The van der Waals surface area contributed by atoms with Crippen LogP contribution < -0.4 is 10.9 Å². The van der Waals surface area contributed by atoms with E-state index >= 15 is 0 Å². The fraction of sp³-hybridized carbons (Fsp3) is 0.625. The maximum absolute atomic E-state index is 12.3.